The first kappa shape index (κ1) is 22.7. The Morgan fingerprint density at radius 2 is 2.16 bits per heavy atom. The number of dihydropyridines is 1. The molecule has 7 nitrogen and oxygen atoms in total. The van der Waals surface area contributed by atoms with Crippen LogP contribution in [0.4, 0.5) is 20.7 Å². The minimum atomic E-state index is -0.579. The van der Waals surface area contributed by atoms with Crippen molar-refractivity contribution >= 4 is 35.4 Å². The van der Waals surface area contributed by atoms with Gasteiger partial charge in [0.05, 0.1) is 11.9 Å². The second-order valence-electron chi connectivity index (χ2n) is 8.20. The largest absolute Gasteiger partial charge is 0.444 e. The molecule has 0 spiro atoms. The van der Waals surface area contributed by atoms with Gasteiger partial charge in [0.15, 0.2) is 11.6 Å². The quantitative estimate of drug-likeness (QED) is 0.607. The first-order chi connectivity index (χ1) is 14.7. The number of carbonyl (C=O) groups excluding carboxylic acids is 1. The molecule has 2 N–H and O–H groups in total. The number of hydrogen-bond acceptors (Lipinski definition) is 6. The van der Waals surface area contributed by atoms with Gasteiger partial charge in [-0.25, -0.2) is 14.2 Å². The lowest BCUT2D eigenvalue weighted by molar-refractivity contribution is 0.0549. The Morgan fingerprint density at radius 1 is 1.35 bits per heavy atom. The van der Waals surface area contributed by atoms with Crippen molar-refractivity contribution in [1.29, 1.82) is 0 Å². The van der Waals surface area contributed by atoms with Gasteiger partial charge in [-0.15, -0.1) is 0 Å². The lowest BCUT2D eigenvalue weighted by Gasteiger charge is -2.21. The van der Waals surface area contributed by atoms with E-state index in [1.165, 1.54) is 0 Å². The van der Waals surface area contributed by atoms with Gasteiger partial charge in [-0.05, 0) is 68.8 Å². The second kappa shape index (κ2) is 9.87. The van der Waals surface area contributed by atoms with E-state index in [1.54, 1.807) is 6.21 Å². The lowest BCUT2D eigenvalue weighted by atomic mass is 9.97. The van der Waals surface area contributed by atoms with Crippen molar-refractivity contribution in [3.8, 4) is 0 Å². The predicted molar refractivity (Wildman–Crippen MR) is 119 cm³/mol. The van der Waals surface area contributed by atoms with Crippen molar-refractivity contribution in [3.63, 3.8) is 0 Å². The van der Waals surface area contributed by atoms with Crippen LogP contribution in [-0.4, -0.2) is 34.4 Å². The molecule has 9 heteroatoms. The van der Waals surface area contributed by atoms with Gasteiger partial charge in [-0.1, -0.05) is 18.2 Å². The van der Waals surface area contributed by atoms with Crippen molar-refractivity contribution in [2.75, 3.05) is 11.9 Å². The number of nitrogens with one attached hydrogen (secondary N) is 2. The highest BCUT2D eigenvalue weighted by Crippen LogP contribution is 2.22. The van der Waals surface area contributed by atoms with Gasteiger partial charge in [-0.3, -0.25) is 10.3 Å². The van der Waals surface area contributed by atoms with E-state index >= 15 is 0 Å². The molecular weight excluding hydrogens is 421 g/mol. The topological polar surface area (TPSA) is 88.5 Å². The average molecular weight is 446 g/mol. The van der Waals surface area contributed by atoms with Crippen molar-refractivity contribution in [3.05, 3.63) is 58.9 Å². The van der Waals surface area contributed by atoms with E-state index in [0.717, 1.165) is 24.6 Å². The van der Waals surface area contributed by atoms with Crippen molar-refractivity contribution in [2.24, 2.45) is 10.9 Å². The van der Waals surface area contributed by atoms with Crippen molar-refractivity contribution in [2.45, 2.75) is 39.2 Å². The number of hydrogen-bond donors (Lipinski definition) is 2. The number of aryl methyl sites for hydroxylation is 1. The van der Waals surface area contributed by atoms with Crippen LogP contribution >= 0.6 is 11.6 Å². The normalized spacial score (nSPS) is 15.9. The summed E-state index contributed by atoms with van der Waals surface area (Å²) in [5, 5.41) is 5.64. The highest BCUT2D eigenvalue weighted by molar-refractivity contribution is 6.28. The third-order valence-electron chi connectivity index (χ3n) is 4.34. The summed E-state index contributed by atoms with van der Waals surface area (Å²) in [7, 11) is 0. The predicted octanol–water partition coefficient (Wildman–Crippen LogP) is 5.05. The average Bonchev–Trinajstić information content (AvgIpc) is 2.68. The zero-order valence-corrected chi connectivity index (χ0v) is 18.4. The zero-order chi connectivity index (χ0) is 22.4. The van der Waals surface area contributed by atoms with Gasteiger partial charge in [-0.2, -0.15) is 4.98 Å². The number of nitrogens with zero attached hydrogens (tertiary/aromatic N) is 3. The molecule has 0 radical (unpaired) electrons. The van der Waals surface area contributed by atoms with Crippen molar-refractivity contribution in [1.82, 2.24) is 15.3 Å². The maximum absolute atomic E-state index is 13.9. The zero-order valence-electron chi connectivity index (χ0n) is 17.7. The van der Waals surface area contributed by atoms with Crippen LogP contribution in [0.1, 0.15) is 32.8 Å². The number of allylic oxidation sites excluding steroid dienone is 1. The van der Waals surface area contributed by atoms with Crippen LogP contribution in [-0.2, 0) is 11.2 Å². The van der Waals surface area contributed by atoms with Crippen LogP contribution in [0.5, 0.6) is 0 Å². The molecule has 2 aromatic rings. The summed E-state index contributed by atoms with van der Waals surface area (Å²) in [6, 6.07) is 7.66. The first-order valence-electron chi connectivity index (χ1n) is 9.93. The molecule has 1 unspecified atom stereocenters. The molecule has 0 saturated heterocycles. The molecule has 0 fully saturated rings. The molecule has 0 aliphatic carbocycles. The van der Waals surface area contributed by atoms with Crippen LogP contribution in [0, 0.1) is 11.7 Å². The molecule has 0 bridgehead atoms. The Bertz CT molecular complexity index is 1000. The number of alkyl carbamates (subject to hydrolysis) is 1. The molecule has 0 saturated carbocycles. The van der Waals surface area contributed by atoms with Gasteiger partial charge in [0.1, 0.15) is 5.60 Å². The van der Waals surface area contributed by atoms with Crippen LogP contribution < -0.4 is 10.6 Å². The van der Waals surface area contributed by atoms with E-state index in [9.17, 15) is 9.18 Å². The third kappa shape index (κ3) is 7.32. The Kier molecular flexibility index (Phi) is 7.22. The third-order valence-corrected chi connectivity index (χ3v) is 4.52. The van der Waals surface area contributed by atoms with E-state index in [1.807, 2.05) is 51.1 Å². The maximum atomic E-state index is 13.9. The smallest absolute Gasteiger partial charge is 0.412 e. The molecule has 1 aromatic heterocycles. The molecule has 1 amide bonds. The molecule has 2 heterocycles. The number of halogens is 2. The maximum Gasteiger partial charge on any atom is 0.412 e. The van der Waals surface area contributed by atoms with Gasteiger partial charge in [0, 0.05) is 18.4 Å². The second-order valence-corrected chi connectivity index (χ2v) is 8.54. The SMILES string of the molecule is CC(C)(C)OC(=O)NC1=CC(CCc2cccc(Nc3nc(Cl)ncc3F)c2)CN=C1. The summed E-state index contributed by atoms with van der Waals surface area (Å²) in [6.07, 6.45) is 5.80. The van der Waals surface area contributed by atoms with Gasteiger partial charge >= 0.3 is 6.09 Å². The van der Waals surface area contributed by atoms with Crippen LogP contribution in [0.15, 0.2) is 47.2 Å². The summed E-state index contributed by atoms with van der Waals surface area (Å²) in [6.45, 7) is 6.10. The van der Waals surface area contributed by atoms with Crippen molar-refractivity contribution < 1.29 is 13.9 Å². The molecule has 1 aromatic carbocycles. The number of rotatable bonds is 6. The fourth-order valence-corrected chi connectivity index (χ4v) is 3.17. The molecule has 164 valence electrons. The van der Waals surface area contributed by atoms with Gasteiger partial charge in [0.2, 0.25) is 5.28 Å². The number of amides is 1. The molecule has 1 aliphatic rings. The Morgan fingerprint density at radius 3 is 2.94 bits per heavy atom. The minimum Gasteiger partial charge on any atom is -0.444 e. The first-order valence-corrected chi connectivity index (χ1v) is 10.3. The number of ether oxygens (including phenoxy) is 1. The minimum absolute atomic E-state index is 0.0273. The number of anilines is 2. The van der Waals surface area contributed by atoms with E-state index in [4.69, 9.17) is 16.3 Å². The van der Waals surface area contributed by atoms with Crippen LogP contribution in [0.25, 0.3) is 0 Å². The van der Waals surface area contributed by atoms with E-state index in [-0.39, 0.29) is 17.0 Å². The monoisotopic (exact) mass is 445 g/mol. The highest BCUT2D eigenvalue weighted by atomic mass is 35.5. The highest BCUT2D eigenvalue weighted by Gasteiger charge is 2.18. The van der Waals surface area contributed by atoms with E-state index in [2.05, 4.69) is 25.6 Å². The van der Waals surface area contributed by atoms with Gasteiger partial charge < -0.3 is 10.1 Å². The number of carbonyl (C=O) groups is 1. The number of aliphatic imine (C=N–C) groups is 1. The Balaban J connectivity index is 1.58. The number of aromatic nitrogens is 2. The van der Waals surface area contributed by atoms with Crippen LogP contribution in [0.2, 0.25) is 5.28 Å². The van der Waals surface area contributed by atoms with E-state index in [0.29, 0.717) is 17.9 Å². The summed E-state index contributed by atoms with van der Waals surface area (Å²) in [4.78, 5) is 23.8. The number of benzene rings is 1. The standard InChI is InChI=1S/C22H25ClFN5O2/c1-22(2,3)31-21(30)28-17-10-15(11-25-12-17)8-7-14-5-4-6-16(9-14)27-19-18(24)13-26-20(23)29-19/h4-6,9-10,12-13,15H,7-8,11H2,1-3H3,(H,28,30)(H,26,27,29). The summed E-state index contributed by atoms with van der Waals surface area (Å²) in [5.41, 5.74) is 1.86. The molecule has 31 heavy (non-hydrogen) atoms. The Hall–Kier alpha value is -3.00. The summed E-state index contributed by atoms with van der Waals surface area (Å²) in [5.74, 6) is -0.366. The van der Waals surface area contributed by atoms with Crippen LogP contribution in [0.3, 0.4) is 0 Å². The van der Waals surface area contributed by atoms with E-state index < -0.39 is 17.5 Å². The van der Waals surface area contributed by atoms with Gasteiger partial charge in [0.25, 0.3) is 0 Å². The molecule has 1 atom stereocenters. The summed E-state index contributed by atoms with van der Waals surface area (Å²) >= 11 is 5.74. The fraction of sp³-hybridized carbons (Fsp3) is 0.364. The fourth-order valence-electron chi connectivity index (χ4n) is 3.03. The summed E-state index contributed by atoms with van der Waals surface area (Å²) < 4.78 is 19.1. The lowest BCUT2D eigenvalue weighted by Crippen LogP contribution is -2.33. The molecule has 1 aliphatic heterocycles. The Labute approximate surface area is 185 Å². The molecule has 3 rings (SSSR count). The molecular formula is C22H25ClFN5O2.